The van der Waals surface area contributed by atoms with Gasteiger partial charge in [0, 0.05) is 11.1 Å². The molecule has 0 atom stereocenters. The van der Waals surface area contributed by atoms with Crippen LogP contribution in [0.3, 0.4) is 0 Å². The first-order chi connectivity index (χ1) is 6.68. The lowest BCUT2D eigenvalue weighted by atomic mass is 10.5. The van der Waals surface area contributed by atoms with Crippen LogP contribution in [0.5, 0.6) is 0 Å². The summed E-state index contributed by atoms with van der Waals surface area (Å²) in [5, 5.41) is 12.9. The Morgan fingerprint density at radius 1 is 1.50 bits per heavy atom. The number of hydrogen-bond acceptors (Lipinski definition) is 4. The Morgan fingerprint density at radius 3 is 2.86 bits per heavy atom. The van der Waals surface area contributed by atoms with Crippen LogP contribution >= 0.6 is 11.3 Å². The maximum Gasteiger partial charge on any atom is 0.323 e. The van der Waals surface area contributed by atoms with E-state index in [1.807, 2.05) is 0 Å². The number of aliphatic carboxylic acids is 1. The molecule has 1 aromatic rings. The minimum Gasteiger partial charge on any atom is -0.480 e. The topological polar surface area (TPSA) is 91.3 Å². The minimum absolute atomic E-state index is 0.357. The Hall–Kier alpha value is -1.63. The van der Waals surface area contributed by atoms with Crippen LogP contribution in [0, 0.1) is 0 Å². The van der Waals surface area contributed by atoms with Crippen molar-refractivity contribution in [2.75, 3.05) is 6.54 Å². The zero-order chi connectivity index (χ0) is 10.4. The van der Waals surface area contributed by atoms with Crippen molar-refractivity contribution in [3.63, 3.8) is 0 Å². The molecule has 6 nitrogen and oxygen atoms in total. The summed E-state index contributed by atoms with van der Waals surface area (Å²) >= 11 is 1.42. The minimum atomic E-state index is -1.07. The zero-order valence-corrected chi connectivity index (χ0v) is 8.00. The number of nitrogens with zero attached hydrogens (tertiary/aromatic N) is 1. The number of amides is 2. The predicted molar refractivity (Wildman–Crippen MR) is 50.0 cm³/mol. The van der Waals surface area contributed by atoms with Crippen LogP contribution in [0.2, 0.25) is 0 Å². The molecule has 0 aromatic carbocycles. The molecule has 2 amide bonds. The molecule has 0 aliphatic carbocycles. The zero-order valence-electron chi connectivity index (χ0n) is 7.19. The van der Waals surface area contributed by atoms with E-state index in [4.69, 9.17) is 5.11 Å². The van der Waals surface area contributed by atoms with Crippen molar-refractivity contribution in [3.05, 3.63) is 16.6 Å². The van der Waals surface area contributed by atoms with Crippen molar-refractivity contribution in [1.29, 1.82) is 0 Å². The smallest absolute Gasteiger partial charge is 0.323 e. The fourth-order valence-electron chi connectivity index (χ4n) is 0.715. The standard InChI is InChI=1S/C7H9N3O3S/c11-6(12)3-10-7(13)9-2-5-1-8-4-14-5/h1,4H,2-3H2,(H,11,12)(H2,9,10,13). The molecule has 0 bridgehead atoms. The molecule has 0 saturated heterocycles. The first-order valence-electron chi connectivity index (χ1n) is 3.79. The third-order valence-corrected chi connectivity index (χ3v) is 2.09. The predicted octanol–water partition coefficient (Wildman–Crippen LogP) is 0.0269. The van der Waals surface area contributed by atoms with Gasteiger partial charge in [-0.25, -0.2) is 4.79 Å². The number of thiazole rings is 1. The number of hydrogen-bond donors (Lipinski definition) is 3. The number of carbonyl (C=O) groups is 2. The second-order valence-electron chi connectivity index (χ2n) is 2.40. The molecular formula is C7H9N3O3S. The maximum absolute atomic E-state index is 10.9. The van der Waals surface area contributed by atoms with Gasteiger partial charge in [-0.2, -0.15) is 0 Å². The number of carboxylic acids is 1. The van der Waals surface area contributed by atoms with E-state index in [0.29, 0.717) is 6.54 Å². The number of rotatable bonds is 4. The molecule has 0 aliphatic rings. The van der Waals surface area contributed by atoms with Crippen LogP contribution in [0.1, 0.15) is 4.88 Å². The van der Waals surface area contributed by atoms with Gasteiger partial charge in [-0.3, -0.25) is 9.78 Å². The van der Waals surface area contributed by atoms with E-state index >= 15 is 0 Å². The van der Waals surface area contributed by atoms with Gasteiger partial charge < -0.3 is 15.7 Å². The van der Waals surface area contributed by atoms with Crippen LogP contribution in [-0.4, -0.2) is 28.6 Å². The fraction of sp³-hybridized carbons (Fsp3) is 0.286. The summed E-state index contributed by atoms with van der Waals surface area (Å²) in [6, 6.07) is -0.499. The normalized spacial score (nSPS) is 9.43. The van der Waals surface area contributed by atoms with Crippen molar-refractivity contribution in [3.8, 4) is 0 Å². The Labute approximate surface area is 84.0 Å². The lowest BCUT2D eigenvalue weighted by Crippen LogP contribution is -2.37. The summed E-state index contributed by atoms with van der Waals surface area (Å²) in [4.78, 5) is 25.8. The van der Waals surface area contributed by atoms with E-state index in [2.05, 4.69) is 15.6 Å². The van der Waals surface area contributed by atoms with Crippen LogP contribution in [0.25, 0.3) is 0 Å². The van der Waals surface area contributed by atoms with Gasteiger partial charge in [-0.1, -0.05) is 0 Å². The molecule has 0 radical (unpaired) electrons. The molecule has 0 unspecified atom stereocenters. The van der Waals surface area contributed by atoms with Gasteiger partial charge in [0.15, 0.2) is 0 Å². The molecular weight excluding hydrogens is 206 g/mol. The molecule has 7 heteroatoms. The highest BCUT2D eigenvalue weighted by molar-refractivity contribution is 7.09. The number of carboxylic acid groups (broad SMARTS) is 1. The molecule has 1 aromatic heterocycles. The quantitative estimate of drug-likeness (QED) is 0.660. The van der Waals surface area contributed by atoms with Crippen molar-refractivity contribution in [2.45, 2.75) is 6.54 Å². The van der Waals surface area contributed by atoms with E-state index in [1.165, 1.54) is 11.3 Å². The Bertz CT molecular complexity index is 312. The van der Waals surface area contributed by atoms with E-state index in [1.54, 1.807) is 11.7 Å². The van der Waals surface area contributed by atoms with Gasteiger partial charge in [-0.05, 0) is 0 Å². The highest BCUT2D eigenvalue weighted by Crippen LogP contribution is 2.03. The summed E-state index contributed by atoms with van der Waals surface area (Å²) in [6.45, 7) is -0.0232. The van der Waals surface area contributed by atoms with E-state index in [-0.39, 0.29) is 6.54 Å². The molecule has 0 fully saturated rings. The molecule has 0 spiro atoms. The molecule has 1 rings (SSSR count). The lowest BCUT2D eigenvalue weighted by molar-refractivity contribution is -0.135. The van der Waals surface area contributed by atoms with Gasteiger partial charge in [0.05, 0.1) is 12.1 Å². The Kier molecular flexibility index (Phi) is 3.86. The van der Waals surface area contributed by atoms with Gasteiger partial charge in [0.25, 0.3) is 0 Å². The van der Waals surface area contributed by atoms with Gasteiger partial charge in [0.2, 0.25) is 0 Å². The lowest BCUT2D eigenvalue weighted by Gasteiger charge is -2.03. The highest BCUT2D eigenvalue weighted by Gasteiger charge is 2.02. The SMILES string of the molecule is O=C(O)CNC(=O)NCc1cncs1. The van der Waals surface area contributed by atoms with Crippen molar-refractivity contribution in [1.82, 2.24) is 15.6 Å². The van der Waals surface area contributed by atoms with Gasteiger partial charge in [-0.15, -0.1) is 11.3 Å². The van der Waals surface area contributed by atoms with E-state index in [9.17, 15) is 9.59 Å². The number of carbonyl (C=O) groups excluding carboxylic acids is 1. The summed E-state index contributed by atoms with van der Waals surface area (Å²) in [6.07, 6.45) is 1.64. The van der Waals surface area contributed by atoms with Crippen LogP contribution in [-0.2, 0) is 11.3 Å². The highest BCUT2D eigenvalue weighted by atomic mass is 32.1. The Balaban J connectivity index is 2.18. The average Bonchev–Trinajstić information content (AvgIpc) is 2.63. The van der Waals surface area contributed by atoms with E-state index < -0.39 is 12.0 Å². The largest absolute Gasteiger partial charge is 0.480 e. The third-order valence-electron chi connectivity index (χ3n) is 1.31. The molecule has 0 aliphatic heterocycles. The monoisotopic (exact) mass is 215 g/mol. The fourth-order valence-corrected chi connectivity index (χ4v) is 1.25. The van der Waals surface area contributed by atoms with Gasteiger partial charge in [0.1, 0.15) is 6.54 Å². The second kappa shape index (κ2) is 5.18. The summed E-state index contributed by atoms with van der Waals surface area (Å²) in [5.41, 5.74) is 1.66. The molecule has 0 saturated carbocycles. The Morgan fingerprint density at radius 2 is 2.29 bits per heavy atom. The number of nitrogens with one attached hydrogen (secondary N) is 2. The van der Waals surface area contributed by atoms with Crippen LogP contribution in [0.15, 0.2) is 11.7 Å². The molecule has 3 N–H and O–H groups in total. The third kappa shape index (κ3) is 3.85. The molecule has 1 heterocycles. The summed E-state index contributed by atoms with van der Waals surface area (Å²) < 4.78 is 0. The maximum atomic E-state index is 10.9. The summed E-state index contributed by atoms with van der Waals surface area (Å²) in [7, 11) is 0. The van der Waals surface area contributed by atoms with E-state index in [0.717, 1.165) is 4.88 Å². The van der Waals surface area contributed by atoms with Crippen molar-refractivity contribution >= 4 is 23.3 Å². The second-order valence-corrected chi connectivity index (χ2v) is 3.37. The van der Waals surface area contributed by atoms with Crippen LogP contribution in [0.4, 0.5) is 4.79 Å². The van der Waals surface area contributed by atoms with Gasteiger partial charge >= 0.3 is 12.0 Å². The molecule has 14 heavy (non-hydrogen) atoms. The van der Waals surface area contributed by atoms with Crippen molar-refractivity contribution in [2.24, 2.45) is 0 Å². The summed E-state index contributed by atoms with van der Waals surface area (Å²) in [5.74, 6) is -1.07. The molecule has 76 valence electrons. The average molecular weight is 215 g/mol. The first kappa shape index (κ1) is 10.5. The van der Waals surface area contributed by atoms with Crippen LogP contribution < -0.4 is 10.6 Å². The number of aromatic nitrogens is 1. The first-order valence-corrected chi connectivity index (χ1v) is 4.67. The van der Waals surface area contributed by atoms with Crippen molar-refractivity contribution < 1.29 is 14.7 Å². The number of urea groups is 1.